The van der Waals surface area contributed by atoms with E-state index in [4.69, 9.17) is 26.8 Å². The Morgan fingerprint density at radius 3 is 2.60 bits per heavy atom. The van der Waals surface area contributed by atoms with Crippen molar-refractivity contribution >= 4 is 17.5 Å². The van der Waals surface area contributed by atoms with Crippen molar-refractivity contribution < 1.29 is 19.4 Å². The highest BCUT2D eigenvalue weighted by molar-refractivity contribution is 6.32. The topological polar surface area (TPSA) is 85.0 Å². The zero-order chi connectivity index (χ0) is 28.5. The molecule has 3 N–H and O–H groups in total. The zero-order valence-electron chi connectivity index (χ0n) is 23.6. The van der Waals surface area contributed by atoms with Crippen molar-refractivity contribution in [2.45, 2.75) is 57.6 Å². The molecule has 1 fully saturated rings. The van der Waals surface area contributed by atoms with Crippen LogP contribution in [0.25, 0.3) is 0 Å². The third-order valence-corrected chi connectivity index (χ3v) is 8.23. The van der Waals surface area contributed by atoms with Crippen LogP contribution in [-0.2, 0) is 23.3 Å². The number of hydrogen-bond acceptors (Lipinski definition) is 5. The van der Waals surface area contributed by atoms with Crippen LogP contribution in [0.4, 0.5) is 0 Å². The van der Waals surface area contributed by atoms with Gasteiger partial charge in [-0.1, -0.05) is 54.9 Å². The molecule has 1 heterocycles. The number of aryl methyl sites for hydroxylation is 1. The highest BCUT2D eigenvalue weighted by Crippen LogP contribution is 2.47. The molecule has 1 unspecified atom stereocenters. The number of benzene rings is 3. The number of aliphatic hydroxyl groups is 1. The summed E-state index contributed by atoms with van der Waals surface area (Å²) in [4.78, 5) is 15.3. The van der Waals surface area contributed by atoms with E-state index in [-0.39, 0.29) is 11.8 Å². The predicted octanol–water partition coefficient (Wildman–Crippen LogP) is 6.71. The number of halogens is 1. The molecule has 0 spiro atoms. The number of rotatable bonds is 12. The standard InChI is InChI=1S/C33H41ClN2O4/c1-3-24-9-6-11-28(21-24)40-31-29(12-7-13-30(31)34)33(38,18-4-5-20-39-2)27-10-8-19-36(23-27)32(37)26-16-14-25(22-35)15-17-26/h6-7,9,11-17,21,27,38H,3-5,8,10,18-20,22-23,35H2,1-2H3/t27?,33-/m0/s1. The number of ether oxygens (including phenoxy) is 2. The summed E-state index contributed by atoms with van der Waals surface area (Å²) in [6.45, 7) is 4.24. The van der Waals surface area contributed by atoms with Crippen molar-refractivity contribution in [2.24, 2.45) is 11.7 Å². The van der Waals surface area contributed by atoms with Crippen molar-refractivity contribution in [1.82, 2.24) is 4.90 Å². The normalized spacial score (nSPS) is 16.9. The summed E-state index contributed by atoms with van der Waals surface area (Å²) in [5, 5.41) is 13.0. The highest BCUT2D eigenvalue weighted by Gasteiger charge is 2.43. The van der Waals surface area contributed by atoms with Crippen LogP contribution in [0, 0.1) is 5.92 Å². The van der Waals surface area contributed by atoms with Gasteiger partial charge in [0.1, 0.15) is 5.75 Å². The lowest BCUT2D eigenvalue weighted by atomic mass is 9.73. The van der Waals surface area contributed by atoms with Gasteiger partial charge in [0.25, 0.3) is 5.91 Å². The summed E-state index contributed by atoms with van der Waals surface area (Å²) in [7, 11) is 1.68. The summed E-state index contributed by atoms with van der Waals surface area (Å²) < 4.78 is 11.7. The number of methoxy groups -OCH3 is 1. The SMILES string of the molecule is CCc1cccc(Oc2c(Cl)cccc2[C@](O)(CCCCOC)C2CCCN(C(=O)c3ccc(CN)cc3)C2)c1. The summed E-state index contributed by atoms with van der Waals surface area (Å²) in [6.07, 6.45) is 4.54. The number of hydrogen-bond donors (Lipinski definition) is 2. The number of amides is 1. The van der Waals surface area contributed by atoms with Crippen LogP contribution in [0.3, 0.4) is 0 Å². The summed E-state index contributed by atoms with van der Waals surface area (Å²) in [5.74, 6) is 0.914. The van der Waals surface area contributed by atoms with Crippen molar-refractivity contribution in [2.75, 3.05) is 26.8 Å². The first kappa shape index (κ1) is 30.1. The molecule has 0 saturated carbocycles. The van der Waals surface area contributed by atoms with Gasteiger partial charge in [0.05, 0.1) is 10.6 Å². The maximum absolute atomic E-state index is 13.5. The van der Waals surface area contributed by atoms with E-state index in [9.17, 15) is 9.90 Å². The molecule has 1 aliphatic heterocycles. The number of piperidine rings is 1. The van der Waals surface area contributed by atoms with Gasteiger partial charge in [-0.3, -0.25) is 4.79 Å². The van der Waals surface area contributed by atoms with E-state index in [2.05, 4.69) is 13.0 Å². The van der Waals surface area contributed by atoms with E-state index in [1.807, 2.05) is 59.5 Å². The zero-order valence-corrected chi connectivity index (χ0v) is 24.3. The number of nitrogens with zero attached hydrogens (tertiary/aromatic N) is 1. The minimum atomic E-state index is -1.25. The van der Waals surface area contributed by atoms with Gasteiger partial charge in [-0.2, -0.15) is 0 Å². The van der Waals surface area contributed by atoms with E-state index in [1.165, 1.54) is 0 Å². The first-order chi connectivity index (χ1) is 19.4. The number of carbonyl (C=O) groups is 1. The van der Waals surface area contributed by atoms with Crippen LogP contribution in [-0.4, -0.2) is 42.7 Å². The van der Waals surface area contributed by atoms with E-state index in [1.54, 1.807) is 13.2 Å². The van der Waals surface area contributed by atoms with Crippen LogP contribution in [0.5, 0.6) is 11.5 Å². The van der Waals surface area contributed by atoms with Crippen molar-refractivity contribution in [3.8, 4) is 11.5 Å². The second-order valence-electron chi connectivity index (χ2n) is 10.6. The second kappa shape index (κ2) is 14.1. The lowest BCUT2D eigenvalue weighted by molar-refractivity contribution is -0.0589. The quantitative estimate of drug-likeness (QED) is 0.239. The van der Waals surface area contributed by atoms with Crippen molar-refractivity contribution in [3.63, 3.8) is 0 Å². The Morgan fingerprint density at radius 2 is 1.88 bits per heavy atom. The molecule has 214 valence electrons. The number of unbranched alkanes of at least 4 members (excludes halogenated alkanes) is 1. The largest absolute Gasteiger partial charge is 0.455 e. The first-order valence-corrected chi connectivity index (χ1v) is 14.6. The average Bonchev–Trinajstić information content (AvgIpc) is 3.00. The predicted molar refractivity (Wildman–Crippen MR) is 160 cm³/mol. The fourth-order valence-corrected chi connectivity index (χ4v) is 5.83. The van der Waals surface area contributed by atoms with Crippen molar-refractivity contribution in [1.29, 1.82) is 0 Å². The monoisotopic (exact) mass is 564 g/mol. The number of para-hydroxylation sites is 1. The van der Waals surface area contributed by atoms with Crippen LogP contribution in [0.1, 0.15) is 66.1 Å². The van der Waals surface area contributed by atoms with Gasteiger partial charge in [0.2, 0.25) is 0 Å². The lowest BCUT2D eigenvalue weighted by Gasteiger charge is -2.43. The Hall–Kier alpha value is -2.90. The van der Waals surface area contributed by atoms with Crippen LogP contribution < -0.4 is 10.5 Å². The third kappa shape index (κ3) is 7.05. The fraction of sp³-hybridized carbons (Fsp3) is 0.424. The molecule has 40 heavy (non-hydrogen) atoms. The maximum Gasteiger partial charge on any atom is 0.253 e. The van der Waals surface area contributed by atoms with Gasteiger partial charge in [0, 0.05) is 50.4 Å². The van der Waals surface area contributed by atoms with Gasteiger partial charge in [-0.15, -0.1) is 0 Å². The molecule has 1 aliphatic rings. The molecule has 1 amide bonds. The molecule has 0 radical (unpaired) electrons. The fourth-order valence-electron chi connectivity index (χ4n) is 5.62. The second-order valence-corrected chi connectivity index (χ2v) is 11.0. The van der Waals surface area contributed by atoms with E-state index < -0.39 is 5.60 Å². The third-order valence-electron chi connectivity index (χ3n) is 7.94. The van der Waals surface area contributed by atoms with E-state index in [0.717, 1.165) is 43.2 Å². The Balaban J connectivity index is 1.67. The van der Waals surface area contributed by atoms with Crippen LogP contribution >= 0.6 is 11.6 Å². The molecular formula is C33H41ClN2O4. The average molecular weight is 565 g/mol. The molecule has 6 nitrogen and oxygen atoms in total. The van der Waals surface area contributed by atoms with Crippen LogP contribution in [0.15, 0.2) is 66.7 Å². The molecule has 3 aromatic carbocycles. The number of likely N-dealkylation sites (tertiary alicyclic amines) is 1. The number of nitrogens with two attached hydrogens (primary N) is 1. The minimum Gasteiger partial charge on any atom is -0.455 e. The molecule has 3 aromatic rings. The molecule has 0 aromatic heterocycles. The number of carbonyl (C=O) groups excluding carboxylic acids is 1. The molecular weight excluding hydrogens is 524 g/mol. The minimum absolute atomic E-state index is 0.0334. The van der Waals surface area contributed by atoms with Crippen molar-refractivity contribution in [3.05, 3.63) is 94.0 Å². The first-order valence-electron chi connectivity index (χ1n) is 14.2. The molecule has 0 aliphatic carbocycles. The molecule has 1 saturated heterocycles. The highest BCUT2D eigenvalue weighted by atomic mass is 35.5. The van der Waals surface area contributed by atoms with Gasteiger partial charge in [-0.25, -0.2) is 0 Å². The van der Waals surface area contributed by atoms with Crippen LogP contribution in [0.2, 0.25) is 5.02 Å². The Kier molecular flexibility index (Phi) is 10.6. The maximum atomic E-state index is 13.5. The van der Waals surface area contributed by atoms with Gasteiger partial charge >= 0.3 is 0 Å². The Bertz CT molecular complexity index is 1270. The Morgan fingerprint density at radius 1 is 1.10 bits per heavy atom. The van der Waals surface area contributed by atoms with E-state index >= 15 is 0 Å². The van der Waals surface area contributed by atoms with Gasteiger partial charge < -0.3 is 25.2 Å². The summed E-state index contributed by atoms with van der Waals surface area (Å²) >= 11 is 6.74. The molecule has 7 heteroatoms. The van der Waals surface area contributed by atoms with Gasteiger partial charge in [0.15, 0.2) is 5.75 Å². The summed E-state index contributed by atoms with van der Waals surface area (Å²) in [6, 6.07) is 20.9. The summed E-state index contributed by atoms with van der Waals surface area (Å²) in [5.41, 5.74) is 7.91. The Labute approximate surface area is 243 Å². The smallest absolute Gasteiger partial charge is 0.253 e. The molecule has 2 atom stereocenters. The van der Waals surface area contributed by atoms with E-state index in [0.29, 0.717) is 60.3 Å². The molecule has 0 bridgehead atoms. The lowest BCUT2D eigenvalue weighted by Crippen LogP contribution is -2.48. The molecule has 4 rings (SSSR count). The van der Waals surface area contributed by atoms with Gasteiger partial charge in [-0.05, 0) is 80.0 Å².